The number of carbonyl (C=O) groups excluding carboxylic acids is 1. The Hall–Kier alpha value is -3.91. The number of alkyl halides is 1. The standard InChI is InChI=1S/C36H40F2N6O3/c1-21(37)35(45)44-17-26-19-46-33-32(43(26)16-25(44)6-9-39)27-7-11-41(30-5-2-4-22-12-23-13-28(23)31(22)30)18-29(27)40-34(33)47-20-36-8-3-10-42(36)15-24(38)14-36/h2,4-5,23-26,28H,1,3,6-8,10-20H2/t23?,24-,25+,26?,28?,36?/m1/s1. The number of hydrogen-bond donors (Lipinski definition) is 0. The zero-order chi connectivity index (χ0) is 32.0. The van der Waals surface area contributed by atoms with Gasteiger partial charge in [0, 0.05) is 43.9 Å². The van der Waals surface area contributed by atoms with Crippen molar-refractivity contribution in [3.05, 3.63) is 53.0 Å². The van der Waals surface area contributed by atoms with E-state index < -0.39 is 23.9 Å². The van der Waals surface area contributed by atoms with E-state index >= 15 is 0 Å². The van der Waals surface area contributed by atoms with Crippen LogP contribution in [0.25, 0.3) is 0 Å². The van der Waals surface area contributed by atoms with Gasteiger partial charge in [0.1, 0.15) is 19.4 Å². The monoisotopic (exact) mass is 642 g/mol. The maximum Gasteiger partial charge on any atom is 0.282 e. The first-order valence-corrected chi connectivity index (χ1v) is 17.2. The molecular weight excluding hydrogens is 602 g/mol. The fraction of sp³-hybridized carbons (Fsp3) is 0.583. The van der Waals surface area contributed by atoms with Crippen molar-refractivity contribution in [3.8, 4) is 17.7 Å². The summed E-state index contributed by atoms with van der Waals surface area (Å²) in [6, 6.07) is 8.17. The minimum atomic E-state index is -1.02. The summed E-state index contributed by atoms with van der Waals surface area (Å²) in [7, 11) is 0. The Morgan fingerprint density at radius 2 is 2.15 bits per heavy atom. The number of ether oxygens (including phenoxy) is 2. The van der Waals surface area contributed by atoms with Gasteiger partial charge in [0.15, 0.2) is 5.83 Å². The van der Waals surface area contributed by atoms with Crippen molar-refractivity contribution in [3.63, 3.8) is 0 Å². The number of halogens is 2. The summed E-state index contributed by atoms with van der Waals surface area (Å²) in [5.41, 5.74) is 6.89. The van der Waals surface area contributed by atoms with Crippen molar-refractivity contribution in [1.82, 2.24) is 14.8 Å². The molecule has 9 rings (SSSR count). The lowest BCUT2D eigenvalue weighted by atomic mass is 9.94. The molecule has 246 valence electrons. The van der Waals surface area contributed by atoms with Gasteiger partial charge in [-0.1, -0.05) is 18.7 Å². The van der Waals surface area contributed by atoms with Crippen molar-refractivity contribution in [1.29, 1.82) is 5.26 Å². The second-order valence-corrected chi connectivity index (χ2v) is 14.7. The predicted molar refractivity (Wildman–Crippen MR) is 171 cm³/mol. The lowest BCUT2D eigenvalue weighted by Gasteiger charge is -2.50. The summed E-state index contributed by atoms with van der Waals surface area (Å²) in [4.78, 5) is 26.4. The first-order chi connectivity index (χ1) is 22.8. The van der Waals surface area contributed by atoms with Crippen LogP contribution >= 0.6 is 0 Å². The van der Waals surface area contributed by atoms with E-state index in [1.807, 2.05) is 0 Å². The molecular formula is C36H40F2N6O3. The summed E-state index contributed by atoms with van der Waals surface area (Å²) in [5.74, 6) is 0.666. The molecule has 5 aliphatic heterocycles. The molecule has 4 unspecified atom stereocenters. The third-order valence-electron chi connectivity index (χ3n) is 12.0. The number of hydrogen-bond acceptors (Lipinski definition) is 8. The van der Waals surface area contributed by atoms with Gasteiger partial charge in [-0.15, -0.1) is 0 Å². The molecule has 1 aromatic heterocycles. The summed E-state index contributed by atoms with van der Waals surface area (Å²) in [5, 5.41) is 9.66. The number of amides is 1. The molecule has 2 aliphatic carbocycles. The number of pyridine rings is 1. The van der Waals surface area contributed by atoms with Gasteiger partial charge in [-0.25, -0.2) is 13.8 Å². The Bertz CT molecular complexity index is 1710. The number of aromatic nitrogens is 1. The molecule has 11 heteroatoms. The van der Waals surface area contributed by atoms with Crippen LogP contribution in [0.2, 0.25) is 0 Å². The van der Waals surface area contributed by atoms with Crippen LogP contribution in [0.5, 0.6) is 11.6 Å². The largest absolute Gasteiger partial charge is 0.484 e. The molecule has 6 heterocycles. The molecule has 0 radical (unpaired) electrons. The van der Waals surface area contributed by atoms with Crippen LogP contribution in [0.4, 0.5) is 20.2 Å². The number of benzene rings is 1. The van der Waals surface area contributed by atoms with E-state index in [9.17, 15) is 18.8 Å². The lowest BCUT2D eigenvalue weighted by Crippen LogP contribution is -2.63. The van der Waals surface area contributed by atoms with Gasteiger partial charge < -0.3 is 24.2 Å². The summed E-state index contributed by atoms with van der Waals surface area (Å²) in [6.07, 6.45) is 4.81. The molecule has 1 aromatic carbocycles. The highest BCUT2D eigenvalue weighted by atomic mass is 19.1. The first-order valence-electron chi connectivity index (χ1n) is 17.2. The van der Waals surface area contributed by atoms with Crippen LogP contribution in [0.3, 0.4) is 0 Å². The smallest absolute Gasteiger partial charge is 0.282 e. The highest BCUT2D eigenvalue weighted by Crippen LogP contribution is 2.59. The van der Waals surface area contributed by atoms with Gasteiger partial charge in [-0.2, -0.15) is 5.26 Å². The average molecular weight is 643 g/mol. The predicted octanol–water partition coefficient (Wildman–Crippen LogP) is 4.43. The Balaban J connectivity index is 1.09. The molecule has 0 bridgehead atoms. The summed E-state index contributed by atoms with van der Waals surface area (Å²) in [6.45, 7) is 7.22. The topological polar surface area (TPSA) is 85.2 Å². The highest BCUT2D eigenvalue weighted by Gasteiger charge is 2.51. The Kier molecular flexibility index (Phi) is 6.72. The molecule has 2 aromatic rings. The average Bonchev–Trinajstić information content (AvgIpc) is 3.39. The van der Waals surface area contributed by atoms with E-state index in [-0.39, 0.29) is 31.2 Å². The molecule has 1 saturated carbocycles. The van der Waals surface area contributed by atoms with E-state index in [0.29, 0.717) is 50.2 Å². The number of fused-ring (bicyclic) bond motifs is 9. The van der Waals surface area contributed by atoms with Gasteiger partial charge in [-0.3, -0.25) is 9.69 Å². The minimum absolute atomic E-state index is 0.0763. The first kappa shape index (κ1) is 29.2. The molecule has 3 saturated heterocycles. The Morgan fingerprint density at radius 3 is 3.00 bits per heavy atom. The third-order valence-corrected chi connectivity index (χ3v) is 12.0. The van der Waals surface area contributed by atoms with Crippen LogP contribution < -0.4 is 19.3 Å². The maximum absolute atomic E-state index is 14.6. The molecule has 47 heavy (non-hydrogen) atoms. The number of anilines is 2. The quantitative estimate of drug-likeness (QED) is 0.428. The molecule has 1 amide bonds. The van der Waals surface area contributed by atoms with Crippen molar-refractivity contribution < 1.29 is 23.0 Å². The van der Waals surface area contributed by atoms with E-state index in [0.717, 1.165) is 55.2 Å². The van der Waals surface area contributed by atoms with Gasteiger partial charge in [-0.05, 0) is 67.7 Å². The fourth-order valence-corrected chi connectivity index (χ4v) is 9.73. The van der Waals surface area contributed by atoms with Gasteiger partial charge >= 0.3 is 0 Å². The molecule has 0 spiro atoms. The molecule has 7 aliphatic rings. The molecule has 0 N–H and O–H groups in total. The van der Waals surface area contributed by atoms with E-state index in [1.165, 1.54) is 34.6 Å². The van der Waals surface area contributed by atoms with E-state index in [1.54, 1.807) is 0 Å². The van der Waals surface area contributed by atoms with Gasteiger partial charge in [0.05, 0.1) is 48.0 Å². The van der Waals surface area contributed by atoms with Crippen LogP contribution in [0.15, 0.2) is 30.6 Å². The van der Waals surface area contributed by atoms with E-state index in [4.69, 9.17) is 14.5 Å². The van der Waals surface area contributed by atoms with Crippen LogP contribution in [-0.4, -0.2) is 90.4 Å². The van der Waals surface area contributed by atoms with Crippen molar-refractivity contribution >= 4 is 17.3 Å². The Morgan fingerprint density at radius 1 is 1.26 bits per heavy atom. The number of rotatable bonds is 6. The zero-order valence-corrected chi connectivity index (χ0v) is 26.6. The van der Waals surface area contributed by atoms with Gasteiger partial charge in [0.2, 0.25) is 5.75 Å². The highest BCUT2D eigenvalue weighted by molar-refractivity contribution is 5.91. The minimum Gasteiger partial charge on any atom is -0.484 e. The number of carbonyl (C=O) groups is 1. The number of nitriles is 1. The molecule has 4 fully saturated rings. The van der Waals surface area contributed by atoms with Crippen molar-refractivity contribution in [2.45, 2.75) is 81.2 Å². The van der Waals surface area contributed by atoms with Gasteiger partial charge in [0.25, 0.3) is 11.8 Å². The second kappa shape index (κ2) is 10.8. The second-order valence-electron chi connectivity index (χ2n) is 14.7. The third kappa shape index (κ3) is 4.61. The SMILES string of the molecule is C=C(F)C(=O)N1CC2COc3c(OCC45CCCN4C[C@H](F)C5)nc4c(c3N2C[C@@H]1CC#N)CCN(c1cccc2c1C1CC1C2)C4. The molecule has 9 nitrogen and oxygen atoms in total. The van der Waals surface area contributed by atoms with Crippen LogP contribution in [0, 0.1) is 17.2 Å². The van der Waals surface area contributed by atoms with Crippen LogP contribution in [0.1, 0.15) is 60.4 Å². The summed E-state index contributed by atoms with van der Waals surface area (Å²) >= 11 is 0. The van der Waals surface area contributed by atoms with Crippen LogP contribution in [-0.2, 0) is 24.2 Å². The Labute approximate surface area is 273 Å². The van der Waals surface area contributed by atoms with E-state index in [2.05, 4.69) is 45.5 Å². The number of nitrogens with zero attached hydrogens (tertiary/aromatic N) is 6. The fourth-order valence-electron chi connectivity index (χ4n) is 9.73. The number of piperazine rings is 1. The van der Waals surface area contributed by atoms with Crippen molar-refractivity contribution in [2.24, 2.45) is 5.92 Å². The summed E-state index contributed by atoms with van der Waals surface area (Å²) < 4.78 is 41.8. The lowest BCUT2D eigenvalue weighted by molar-refractivity contribution is -0.132. The molecule has 6 atom stereocenters. The zero-order valence-electron chi connectivity index (χ0n) is 26.6. The maximum atomic E-state index is 14.6. The normalized spacial score (nSPS) is 31.5. The van der Waals surface area contributed by atoms with Crippen molar-refractivity contribution in [2.75, 3.05) is 55.7 Å².